The van der Waals surface area contributed by atoms with Crippen molar-refractivity contribution in [1.29, 1.82) is 0 Å². The summed E-state index contributed by atoms with van der Waals surface area (Å²) < 4.78 is 18.8. The molecule has 1 amide bonds. The molecule has 1 aromatic heterocycles. The number of alkyl halides is 1. The molecule has 2 rings (SSSR count). The highest BCUT2D eigenvalue weighted by molar-refractivity contribution is 5.78. The van der Waals surface area contributed by atoms with Crippen molar-refractivity contribution in [3.8, 4) is 0 Å². The first kappa shape index (κ1) is 11.2. The first-order chi connectivity index (χ1) is 7.57. The SMILES string of the molecule is C[C@@]1(F)CCCN(C(=O)Cc2ccco2)C1. The van der Waals surface area contributed by atoms with Crippen LogP contribution in [0.25, 0.3) is 0 Å². The van der Waals surface area contributed by atoms with Crippen molar-refractivity contribution in [3.05, 3.63) is 24.2 Å². The number of nitrogens with zero attached hydrogens (tertiary/aromatic N) is 1. The van der Waals surface area contributed by atoms with Gasteiger partial charge in [0.25, 0.3) is 0 Å². The van der Waals surface area contributed by atoms with Crippen molar-refractivity contribution in [2.24, 2.45) is 0 Å². The molecule has 0 aromatic carbocycles. The zero-order valence-electron chi connectivity index (χ0n) is 9.41. The Morgan fingerprint density at radius 2 is 2.50 bits per heavy atom. The molecule has 4 heteroatoms. The standard InChI is InChI=1S/C12H16FNO2/c1-12(13)5-3-6-14(9-12)11(15)8-10-4-2-7-16-10/h2,4,7H,3,5-6,8-9H2,1H3/t12-/m1/s1. The zero-order valence-corrected chi connectivity index (χ0v) is 9.41. The second kappa shape index (κ2) is 4.28. The van der Waals surface area contributed by atoms with Crippen LogP contribution in [0, 0.1) is 0 Å². The van der Waals surface area contributed by atoms with E-state index in [1.165, 1.54) is 6.26 Å². The summed E-state index contributed by atoms with van der Waals surface area (Å²) in [4.78, 5) is 13.4. The molecule has 1 atom stereocenters. The third kappa shape index (κ3) is 2.62. The van der Waals surface area contributed by atoms with Crippen LogP contribution < -0.4 is 0 Å². The number of carbonyl (C=O) groups excluding carboxylic acids is 1. The summed E-state index contributed by atoms with van der Waals surface area (Å²) in [7, 11) is 0. The number of amides is 1. The fourth-order valence-electron chi connectivity index (χ4n) is 2.08. The van der Waals surface area contributed by atoms with Gasteiger partial charge in [-0.3, -0.25) is 4.79 Å². The number of carbonyl (C=O) groups is 1. The van der Waals surface area contributed by atoms with Crippen molar-refractivity contribution >= 4 is 5.91 Å². The molecule has 0 spiro atoms. The zero-order chi connectivity index (χ0) is 11.6. The summed E-state index contributed by atoms with van der Waals surface area (Å²) in [5, 5.41) is 0. The summed E-state index contributed by atoms with van der Waals surface area (Å²) in [6, 6.07) is 3.51. The molecule has 1 saturated heterocycles. The van der Waals surface area contributed by atoms with Gasteiger partial charge in [-0.1, -0.05) is 0 Å². The lowest BCUT2D eigenvalue weighted by Gasteiger charge is -2.35. The van der Waals surface area contributed by atoms with Crippen LogP contribution in [0.3, 0.4) is 0 Å². The van der Waals surface area contributed by atoms with Crippen LogP contribution in [0.2, 0.25) is 0 Å². The quantitative estimate of drug-likeness (QED) is 0.773. The molecule has 0 saturated carbocycles. The van der Waals surface area contributed by atoms with Crippen molar-refractivity contribution in [2.45, 2.75) is 31.9 Å². The van der Waals surface area contributed by atoms with E-state index in [9.17, 15) is 9.18 Å². The lowest BCUT2D eigenvalue weighted by atomic mass is 9.97. The highest BCUT2D eigenvalue weighted by Gasteiger charge is 2.32. The van der Waals surface area contributed by atoms with E-state index in [1.54, 1.807) is 24.0 Å². The summed E-state index contributed by atoms with van der Waals surface area (Å²) in [6.07, 6.45) is 3.04. The number of hydrogen-bond donors (Lipinski definition) is 0. The lowest BCUT2D eigenvalue weighted by Crippen LogP contribution is -2.46. The average molecular weight is 225 g/mol. The van der Waals surface area contributed by atoms with E-state index >= 15 is 0 Å². The fourth-order valence-corrected chi connectivity index (χ4v) is 2.08. The summed E-state index contributed by atoms with van der Waals surface area (Å²) in [6.45, 7) is 2.41. The van der Waals surface area contributed by atoms with Crippen LogP contribution >= 0.6 is 0 Å². The van der Waals surface area contributed by atoms with E-state index in [2.05, 4.69) is 0 Å². The second-order valence-electron chi connectivity index (χ2n) is 4.59. The van der Waals surface area contributed by atoms with Gasteiger partial charge in [0.05, 0.1) is 19.2 Å². The highest BCUT2D eigenvalue weighted by Crippen LogP contribution is 2.24. The van der Waals surface area contributed by atoms with E-state index in [1.807, 2.05) is 0 Å². The highest BCUT2D eigenvalue weighted by atomic mass is 19.1. The number of furan rings is 1. The largest absolute Gasteiger partial charge is 0.469 e. The van der Waals surface area contributed by atoms with Crippen LogP contribution in [0.5, 0.6) is 0 Å². The Kier molecular flexibility index (Phi) is 2.99. The van der Waals surface area contributed by atoms with Gasteiger partial charge in [-0.2, -0.15) is 0 Å². The molecule has 1 fully saturated rings. The number of halogens is 1. The Balaban J connectivity index is 1.94. The average Bonchev–Trinajstić information content (AvgIpc) is 2.69. The van der Waals surface area contributed by atoms with Gasteiger partial charge < -0.3 is 9.32 Å². The van der Waals surface area contributed by atoms with Gasteiger partial charge in [-0.25, -0.2) is 4.39 Å². The second-order valence-corrected chi connectivity index (χ2v) is 4.59. The molecule has 0 aliphatic carbocycles. The topological polar surface area (TPSA) is 33.5 Å². The summed E-state index contributed by atoms with van der Waals surface area (Å²) in [5.41, 5.74) is -1.24. The maximum atomic E-state index is 13.7. The van der Waals surface area contributed by atoms with Crippen molar-refractivity contribution in [3.63, 3.8) is 0 Å². The van der Waals surface area contributed by atoms with Gasteiger partial charge in [0.15, 0.2) is 0 Å². The van der Waals surface area contributed by atoms with Crippen molar-refractivity contribution in [2.75, 3.05) is 13.1 Å². The molecule has 16 heavy (non-hydrogen) atoms. The van der Waals surface area contributed by atoms with Gasteiger partial charge in [0, 0.05) is 6.54 Å². The monoisotopic (exact) mass is 225 g/mol. The van der Waals surface area contributed by atoms with Crippen molar-refractivity contribution in [1.82, 2.24) is 4.90 Å². The van der Waals surface area contributed by atoms with Crippen LogP contribution in [-0.2, 0) is 11.2 Å². The van der Waals surface area contributed by atoms with Crippen molar-refractivity contribution < 1.29 is 13.6 Å². The van der Waals surface area contributed by atoms with Crippen LogP contribution in [0.1, 0.15) is 25.5 Å². The number of likely N-dealkylation sites (tertiary alicyclic amines) is 1. The minimum absolute atomic E-state index is 0.0569. The Morgan fingerprint density at radius 1 is 1.69 bits per heavy atom. The smallest absolute Gasteiger partial charge is 0.230 e. The normalized spacial score (nSPS) is 25.8. The van der Waals surface area contributed by atoms with E-state index < -0.39 is 5.67 Å². The molecule has 0 N–H and O–H groups in total. The van der Waals surface area contributed by atoms with Crippen LogP contribution in [0.15, 0.2) is 22.8 Å². The Morgan fingerprint density at radius 3 is 3.12 bits per heavy atom. The molecule has 2 heterocycles. The van der Waals surface area contributed by atoms with E-state index in [0.29, 0.717) is 18.7 Å². The third-order valence-electron chi connectivity index (χ3n) is 2.90. The maximum absolute atomic E-state index is 13.7. The van der Waals surface area contributed by atoms with Gasteiger partial charge in [-0.15, -0.1) is 0 Å². The predicted octanol–water partition coefficient (Wildman–Crippen LogP) is 2.17. The van der Waals surface area contributed by atoms with Crippen LogP contribution in [-0.4, -0.2) is 29.6 Å². The molecule has 3 nitrogen and oxygen atoms in total. The molecular formula is C12H16FNO2. The first-order valence-corrected chi connectivity index (χ1v) is 5.56. The molecule has 0 bridgehead atoms. The molecule has 1 aliphatic heterocycles. The molecule has 1 aliphatic rings. The molecule has 0 unspecified atom stereocenters. The first-order valence-electron chi connectivity index (χ1n) is 5.56. The van der Waals surface area contributed by atoms with Gasteiger partial charge >= 0.3 is 0 Å². The maximum Gasteiger partial charge on any atom is 0.230 e. The number of rotatable bonds is 2. The summed E-state index contributed by atoms with van der Waals surface area (Å²) >= 11 is 0. The molecule has 88 valence electrons. The minimum Gasteiger partial charge on any atom is -0.469 e. The fraction of sp³-hybridized carbons (Fsp3) is 0.583. The molecular weight excluding hydrogens is 209 g/mol. The number of hydrogen-bond acceptors (Lipinski definition) is 2. The van der Waals surface area contributed by atoms with E-state index in [0.717, 1.165) is 6.42 Å². The Bertz CT molecular complexity index is 359. The third-order valence-corrected chi connectivity index (χ3v) is 2.90. The van der Waals surface area contributed by atoms with Gasteiger partial charge in [0.1, 0.15) is 11.4 Å². The minimum atomic E-state index is -1.24. The van der Waals surface area contributed by atoms with Crippen LogP contribution in [0.4, 0.5) is 4.39 Å². The molecule has 0 radical (unpaired) electrons. The Hall–Kier alpha value is -1.32. The van der Waals surface area contributed by atoms with Gasteiger partial charge in [-0.05, 0) is 31.9 Å². The Labute approximate surface area is 94.2 Å². The summed E-state index contributed by atoms with van der Waals surface area (Å²) in [5.74, 6) is 0.578. The predicted molar refractivity (Wildman–Crippen MR) is 57.7 cm³/mol. The number of piperidine rings is 1. The molecule has 1 aromatic rings. The van der Waals surface area contributed by atoms with E-state index in [4.69, 9.17) is 4.42 Å². The van der Waals surface area contributed by atoms with Gasteiger partial charge in [0.2, 0.25) is 5.91 Å². The van der Waals surface area contributed by atoms with E-state index in [-0.39, 0.29) is 18.9 Å². The lowest BCUT2D eigenvalue weighted by molar-refractivity contribution is -0.134.